The van der Waals surface area contributed by atoms with E-state index in [0.29, 0.717) is 46.7 Å². The summed E-state index contributed by atoms with van der Waals surface area (Å²) in [6.45, 7) is 10.2. The second-order valence-electron chi connectivity index (χ2n) is 14.8. The van der Waals surface area contributed by atoms with Crippen molar-refractivity contribution in [3.05, 3.63) is 30.3 Å². The van der Waals surface area contributed by atoms with E-state index in [4.69, 9.17) is 4.74 Å². The van der Waals surface area contributed by atoms with Gasteiger partial charge in [-0.3, -0.25) is 0 Å². The molecule has 39 heavy (non-hydrogen) atoms. The quantitative estimate of drug-likeness (QED) is 0.335. The fourth-order valence-corrected chi connectivity index (χ4v) is 10.8. The Morgan fingerprint density at radius 2 is 1.85 bits per heavy atom. The molecule has 5 fully saturated rings. The van der Waals surface area contributed by atoms with Gasteiger partial charge in [0.1, 0.15) is 0 Å². The number of ether oxygens (including phenoxy) is 1. The number of para-hydroxylation sites is 1. The first kappa shape index (κ1) is 27.6. The van der Waals surface area contributed by atoms with E-state index in [-0.39, 0.29) is 25.8 Å². The highest BCUT2D eigenvalue weighted by atomic mass is 16.5. The highest BCUT2D eigenvalue weighted by Crippen LogP contribution is 2.70. The number of hydrogen-bond acceptors (Lipinski definition) is 3. The van der Waals surface area contributed by atoms with Gasteiger partial charge < -0.3 is 20.5 Å². The number of anilines is 1. The zero-order valence-electron chi connectivity index (χ0n) is 24.7. The number of aliphatic hydroxyl groups excluding tert-OH is 1. The molecule has 1 heterocycles. The van der Waals surface area contributed by atoms with Crippen molar-refractivity contribution in [2.75, 3.05) is 11.9 Å². The summed E-state index contributed by atoms with van der Waals surface area (Å²) in [7, 11) is 0. The minimum absolute atomic E-state index is 0. The number of urea groups is 1. The molecule has 1 saturated heterocycles. The topological polar surface area (TPSA) is 70.6 Å². The average molecular weight is 547 g/mol. The molecular formula is C34H62N2O3. The molecule has 0 bridgehead atoms. The number of amides is 2. The lowest BCUT2D eigenvalue weighted by molar-refractivity contribution is -0.118. The Morgan fingerprint density at radius 3 is 2.62 bits per heavy atom. The van der Waals surface area contributed by atoms with Crippen molar-refractivity contribution < 1.29 is 21.8 Å². The Kier molecular flexibility index (Phi) is 7.54. The smallest absolute Gasteiger partial charge is 0.319 e. The third-order valence-electron chi connectivity index (χ3n) is 12.9. The van der Waals surface area contributed by atoms with Crippen molar-refractivity contribution in [1.29, 1.82) is 0 Å². The first-order valence-electron chi connectivity index (χ1n) is 16.1. The van der Waals surface area contributed by atoms with E-state index in [0.717, 1.165) is 49.1 Å². The molecule has 4 saturated carbocycles. The standard InChI is InChI=1S/C34H52N2O3.5H2/c1-21(20-37)10-13-29-22(2)31-30(39-29)19-28-26-12-11-23-18-25(36-32(38)35-24-8-6-5-7-9-24)14-16-33(23,3)27(26)15-17-34(28,31)4;;;;;/h5-9,21-23,25-31,37H,10-20H2,1-4H3,(H2,35,36,38);5*1H/t21?,22?,23-,25+,26-,27?,28?,29-,30+,31?,33+,34+;;;;;/m1...../s1. The monoisotopic (exact) mass is 546 g/mol. The molecule has 2 amide bonds. The molecule has 0 aromatic heterocycles. The first-order valence-corrected chi connectivity index (χ1v) is 16.1. The SMILES string of the molecule is CC(CO)CC[C@H]1O[C@H]2CC3[C@@H]4CC[C@@H]5C[C@@H](NC(=O)Nc6ccccc6)CC[C@]5(C)C4CC[C@]3(C)C2C1C.[HH].[HH].[HH].[HH].[HH]. The van der Waals surface area contributed by atoms with Crippen molar-refractivity contribution >= 4 is 11.7 Å². The van der Waals surface area contributed by atoms with Gasteiger partial charge in [0.15, 0.2) is 0 Å². The number of carbonyl (C=O) groups excluding carboxylic acids is 1. The lowest BCUT2D eigenvalue weighted by Gasteiger charge is -2.61. The van der Waals surface area contributed by atoms with Gasteiger partial charge in [-0.15, -0.1) is 0 Å². The molecule has 1 aliphatic heterocycles. The van der Waals surface area contributed by atoms with Crippen LogP contribution in [0.4, 0.5) is 10.5 Å². The lowest BCUT2D eigenvalue weighted by Crippen LogP contribution is -2.56. The number of fused-ring (bicyclic) bond motifs is 7. The first-order chi connectivity index (χ1) is 18.7. The molecule has 226 valence electrons. The molecule has 1 aromatic rings. The molecule has 5 nitrogen and oxygen atoms in total. The molecule has 12 atom stereocenters. The fourth-order valence-electron chi connectivity index (χ4n) is 10.8. The summed E-state index contributed by atoms with van der Waals surface area (Å²) >= 11 is 0. The zero-order valence-corrected chi connectivity index (χ0v) is 24.7. The van der Waals surface area contributed by atoms with E-state index in [2.05, 4.69) is 38.3 Å². The van der Waals surface area contributed by atoms with Crippen LogP contribution in [0.3, 0.4) is 0 Å². The summed E-state index contributed by atoms with van der Waals surface area (Å²) in [6.07, 6.45) is 13.1. The highest BCUT2D eigenvalue weighted by molar-refractivity contribution is 5.89. The van der Waals surface area contributed by atoms with Crippen molar-refractivity contribution in [3.8, 4) is 0 Å². The Morgan fingerprint density at radius 1 is 1.08 bits per heavy atom. The van der Waals surface area contributed by atoms with Crippen LogP contribution in [0.1, 0.15) is 99.0 Å². The summed E-state index contributed by atoms with van der Waals surface area (Å²) in [5.74, 6) is 4.88. The maximum Gasteiger partial charge on any atom is 0.319 e. The van der Waals surface area contributed by atoms with Gasteiger partial charge in [-0.05, 0) is 129 Å². The number of benzene rings is 1. The van der Waals surface area contributed by atoms with Crippen LogP contribution in [0.15, 0.2) is 30.3 Å². The third kappa shape index (κ3) is 4.84. The van der Waals surface area contributed by atoms with Gasteiger partial charge in [0.05, 0.1) is 12.2 Å². The van der Waals surface area contributed by atoms with Crippen molar-refractivity contribution in [3.63, 3.8) is 0 Å². The van der Waals surface area contributed by atoms with Gasteiger partial charge >= 0.3 is 6.03 Å². The summed E-state index contributed by atoms with van der Waals surface area (Å²) in [6, 6.07) is 9.98. The summed E-state index contributed by atoms with van der Waals surface area (Å²) in [5, 5.41) is 15.8. The summed E-state index contributed by atoms with van der Waals surface area (Å²) < 4.78 is 6.83. The molecule has 1 aromatic carbocycles. The van der Waals surface area contributed by atoms with Crippen LogP contribution in [0.5, 0.6) is 0 Å². The second-order valence-corrected chi connectivity index (χ2v) is 14.8. The van der Waals surface area contributed by atoms with Crippen LogP contribution in [0, 0.1) is 52.3 Å². The Labute approximate surface area is 243 Å². The van der Waals surface area contributed by atoms with Gasteiger partial charge in [-0.25, -0.2) is 4.79 Å². The van der Waals surface area contributed by atoms with Crippen LogP contribution in [0.25, 0.3) is 0 Å². The highest BCUT2D eigenvalue weighted by Gasteiger charge is 2.65. The maximum atomic E-state index is 12.7. The fraction of sp³-hybridized carbons (Fsp3) is 0.794. The number of carbonyl (C=O) groups is 1. The number of aliphatic hydroxyl groups is 1. The van der Waals surface area contributed by atoms with Crippen molar-refractivity contribution in [2.45, 2.75) is 110 Å². The normalized spacial score (nSPS) is 45.4. The van der Waals surface area contributed by atoms with E-state index < -0.39 is 0 Å². The Balaban J connectivity index is 0.00000194. The van der Waals surface area contributed by atoms with Gasteiger partial charge in [0, 0.05) is 25.5 Å². The lowest BCUT2D eigenvalue weighted by atomic mass is 9.44. The van der Waals surface area contributed by atoms with E-state index in [1.54, 1.807) is 0 Å². The average Bonchev–Trinajstić information content (AvgIpc) is 3.40. The van der Waals surface area contributed by atoms with Crippen LogP contribution in [-0.4, -0.2) is 36.0 Å². The molecule has 5 unspecified atom stereocenters. The van der Waals surface area contributed by atoms with Crippen LogP contribution >= 0.6 is 0 Å². The van der Waals surface area contributed by atoms with E-state index in [1.807, 2.05) is 30.3 Å². The molecule has 6 rings (SSSR count). The maximum absolute atomic E-state index is 12.7. The largest absolute Gasteiger partial charge is 0.396 e. The molecule has 5 heteroatoms. The second kappa shape index (κ2) is 10.7. The Hall–Kier alpha value is -1.59. The number of nitrogens with one attached hydrogen (secondary N) is 2. The van der Waals surface area contributed by atoms with Crippen molar-refractivity contribution in [2.24, 2.45) is 52.3 Å². The third-order valence-corrected chi connectivity index (χ3v) is 12.9. The van der Waals surface area contributed by atoms with E-state index in [9.17, 15) is 9.90 Å². The van der Waals surface area contributed by atoms with Crippen LogP contribution in [0.2, 0.25) is 0 Å². The van der Waals surface area contributed by atoms with Gasteiger partial charge in [0.2, 0.25) is 0 Å². The zero-order chi connectivity index (χ0) is 27.4. The minimum Gasteiger partial charge on any atom is -0.396 e. The van der Waals surface area contributed by atoms with Crippen molar-refractivity contribution in [1.82, 2.24) is 5.32 Å². The molecule has 0 radical (unpaired) electrons. The Bertz CT molecular complexity index is 1040. The van der Waals surface area contributed by atoms with E-state index in [1.165, 1.54) is 38.5 Å². The molecule has 0 spiro atoms. The predicted molar refractivity (Wildman–Crippen MR) is 167 cm³/mol. The molecule has 5 aliphatic rings. The molecular weight excluding hydrogens is 484 g/mol. The van der Waals surface area contributed by atoms with Gasteiger partial charge in [-0.2, -0.15) is 0 Å². The van der Waals surface area contributed by atoms with Gasteiger partial charge in [0.25, 0.3) is 0 Å². The van der Waals surface area contributed by atoms with Gasteiger partial charge in [-0.1, -0.05) is 45.9 Å². The van der Waals surface area contributed by atoms with Crippen LogP contribution in [-0.2, 0) is 4.74 Å². The molecule has 4 aliphatic carbocycles. The predicted octanol–water partition coefficient (Wildman–Crippen LogP) is 8.49. The van der Waals surface area contributed by atoms with E-state index >= 15 is 0 Å². The molecule has 3 N–H and O–H groups in total. The minimum atomic E-state index is -0.0624. The number of hydrogen-bond donors (Lipinski definition) is 3. The number of rotatable bonds is 6. The summed E-state index contributed by atoms with van der Waals surface area (Å²) in [4.78, 5) is 12.7. The summed E-state index contributed by atoms with van der Waals surface area (Å²) in [5.41, 5.74) is 1.68. The van der Waals surface area contributed by atoms with Crippen LogP contribution < -0.4 is 10.6 Å².